The van der Waals surface area contributed by atoms with Crippen molar-refractivity contribution in [3.05, 3.63) is 47.8 Å². The first kappa shape index (κ1) is 18.2. The van der Waals surface area contributed by atoms with E-state index in [0.29, 0.717) is 5.69 Å². The van der Waals surface area contributed by atoms with E-state index in [9.17, 15) is 14.7 Å². The second kappa shape index (κ2) is 7.44. The van der Waals surface area contributed by atoms with E-state index in [-0.39, 0.29) is 23.5 Å². The molecule has 0 saturated heterocycles. The van der Waals surface area contributed by atoms with E-state index in [1.165, 1.54) is 24.3 Å². The zero-order valence-electron chi connectivity index (χ0n) is 15.2. The lowest BCUT2D eigenvalue weighted by atomic mass is 10.1. The highest BCUT2D eigenvalue weighted by molar-refractivity contribution is 7.13. The number of nitrogens with one attached hydrogen (secondary N) is 2. The summed E-state index contributed by atoms with van der Waals surface area (Å²) in [6.45, 7) is 1.39. The van der Waals surface area contributed by atoms with Gasteiger partial charge in [0, 0.05) is 35.0 Å². The Balaban J connectivity index is 1.58. The predicted molar refractivity (Wildman–Crippen MR) is 110 cm³/mol. The van der Waals surface area contributed by atoms with Crippen LogP contribution in [0, 0.1) is 5.92 Å². The van der Waals surface area contributed by atoms with E-state index in [4.69, 9.17) is 0 Å². The Morgan fingerprint density at radius 3 is 2.68 bits per heavy atom. The Morgan fingerprint density at radius 1 is 1.11 bits per heavy atom. The maximum Gasteiger partial charge on any atom is 0.227 e. The van der Waals surface area contributed by atoms with Crippen LogP contribution in [0.4, 0.5) is 11.4 Å². The van der Waals surface area contributed by atoms with Gasteiger partial charge < -0.3 is 15.7 Å². The fourth-order valence-corrected chi connectivity index (χ4v) is 3.67. The molecule has 0 bridgehead atoms. The van der Waals surface area contributed by atoms with Crippen molar-refractivity contribution in [2.45, 2.75) is 19.8 Å². The average Bonchev–Trinajstić information content (AvgIpc) is 3.40. The van der Waals surface area contributed by atoms with E-state index in [2.05, 4.69) is 15.6 Å². The summed E-state index contributed by atoms with van der Waals surface area (Å²) in [5.41, 5.74) is 3.58. The molecule has 0 unspecified atom stereocenters. The molecule has 28 heavy (non-hydrogen) atoms. The number of nitrogens with zero attached hydrogens (tertiary/aromatic N) is 1. The van der Waals surface area contributed by atoms with Crippen LogP contribution in [0.3, 0.4) is 0 Å². The number of carbonyl (C=O) groups excluding carboxylic acids is 2. The van der Waals surface area contributed by atoms with Crippen molar-refractivity contribution < 1.29 is 14.7 Å². The number of benzene rings is 2. The number of amides is 2. The average molecular weight is 393 g/mol. The molecule has 1 aromatic heterocycles. The minimum Gasteiger partial charge on any atom is -0.506 e. The van der Waals surface area contributed by atoms with Gasteiger partial charge in [0.15, 0.2) is 0 Å². The molecule has 0 aliphatic heterocycles. The predicted octanol–water partition coefficient (Wildman–Crippen LogP) is 4.49. The molecule has 3 N–H and O–H groups in total. The molecule has 1 saturated carbocycles. The third-order valence-electron chi connectivity index (χ3n) is 4.43. The van der Waals surface area contributed by atoms with Gasteiger partial charge in [0.05, 0.1) is 11.4 Å². The molecule has 0 radical (unpaired) electrons. The highest BCUT2D eigenvalue weighted by Gasteiger charge is 2.29. The molecular formula is C21H19N3O3S. The second-order valence-electron chi connectivity index (χ2n) is 6.80. The molecule has 2 amide bonds. The van der Waals surface area contributed by atoms with Gasteiger partial charge in [0.1, 0.15) is 10.8 Å². The molecule has 0 atom stereocenters. The number of aromatic hydroxyl groups is 1. The number of carbonyl (C=O) groups is 2. The lowest BCUT2D eigenvalue weighted by molar-refractivity contribution is -0.117. The monoisotopic (exact) mass is 393 g/mol. The molecule has 1 heterocycles. The van der Waals surface area contributed by atoms with Crippen LogP contribution in [0.5, 0.6) is 5.75 Å². The molecule has 1 aliphatic rings. The smallest absolute Gasteiger partial charge is 0.227 e. The maximum absolute atomic E-state index is 12.0. The number of hydrogen-bond acceptors (Lipinski definition) is 5. The number of anilines is 2. The molecular weight excluding hydrogens is 374 g/mol. The topological polar surface area (TPSA) is 91.3 Å². The van der Waals surface area contributed by atoms with Crippen LogP contribution in [-0.2, 0) is 9.59 Å². The first-order chi connectivity index (χ1) is 13.5. The van der Waals surface area contributed by atoms with Gasteiger partial charge >= 0.3 is 0 Å². The standard InChI is InChI=1S/C21H19N3O3S/c1-12(25)22-17-10-14(7-8-19(17)26)18-11-28-21(24-18)15-3-2-4-16(9-15)23-20(27)13-5-6-13/h2-4,7-11,13,26H,5-6H2,1H3,(H,22,25)(H,23,27). The molecule has 7 heteroatoms. The van der Waals surface area contributed by atoms with Crippen LogP contribution in [0.25, 0.3) is 21.8 Å². The Labute approximate surface area is 166 Å². The maximum atomic E-state index is 12.0. The highest BCUT2D eigenvalue weighted by Crippen LogP contribution is 2.34. The summed E-state index contributed by atoms with van der Waals surface area (Å²) < 4.78 is 0. The molecule has 142 valence electrons. The zero-order valence-corrected chi connectivity index (χ0v) is 16.0. The zero-order chi connectivity index (χ0) is 19.7. The summed E-state index contributed by atoms with van der Waals surface area (Å²) in [5, 5.41) is 18.2. The van der Waals surface area contributed by atoms with E-state index >= 15 is 0 Å². The van der Waals surface area contributed by atoms with Gasteiger partial charge in [-0.1, -0.05) is 12.1 Å². The number of thiazole rings is 1. The number of hydrogen-bond donors (Lipinski definition) is 3. The summed E-state index contributed by atoms with van der Waals surface area (Å²) in [6.07, 6.45) is 1.93. The van der Waals surface area contributed by atoms with Crippen LogP contribution >= 0.6 is 11.3 Å². The van der Waals surface area contributed by atoms with Crippen molar-refractivity contribution in [3.63, 3.8) is 0 Å². The van der Waals surface area contributed by atoms with Gasteiger partial charge in [-0.2, -0.15) is 0 Å². The Hall–Kier alpha value is -3.19. The largest absolute Gasteiger partial charge is 0.506 e. The van der Waals surface area contributed by atoms with E-state index in [1.807, 2.05) is 29.6 Å². The minimum absolute atomic E-state index is 0.00788. The van der Waals surface area contributed by atoms with E-state index in [0.717, 1.165) is 40.4 Å². The van der Waals surface area contributed by atoms with Gasteiger partial charge in [-0.05, 0) is 43.2 Å². The Kier molecular flexibility index (Phi) is 4.83. The van der Waals surface area contributed by atoms with Gasteiger partial charge in [0.25, 0.3) is 0 Å². The van der Waals surface area contributed by atoms with Crippen molar-refractivity contribution in [3.8, 4) is 27.6 Å². The van der Waals surface area contributed by atoms with E-state index < -0.39 is 0 Å². The first-order valence-corrected chi connectivity index (χ1v) is 9.85. The summed E-state index contributed by atoms with van der Waals surface area (Å²) in [6, 6.07) is 12.6. The molecule has 3 aromatic rings. The van der Waals surface area contributed by atoms with Crippen molar-refractivity contribution in [2.75, 3.05) is 10.6 Å². The number of phenolic OH excluding ortho intramolecular Hbond substituents is 1. The van der Waals surface area contributed by atoms with Gasteiger partial charge in [-0.15, -0.1) is 11.3 Å². The van der Waals surface area contributed by atoms with Crippen LogP contribution in [0.15, 0.2) is 47.8 Å². The summed E-state index contributed by atoms with van der Waals surface area (Å²) in [5.74, 6) is -0.0148. The van der Waals surface area contributed by atoms with Crippen molar-refractivity contribution in [1.29, 1.82) is 0 Å². The third-order valence-corrected chi connectivity index (χ3v) is 5.32. The van der Waals surface area contributed by atoms with Crippen LogP contribution in [0.1, 0.15) is 19.8 Å². The minimum atomic E-state index is -0.253. The SMILES string of the molecule is CC(=O)Nc1cc(-c2csc(-c3cccc(NC(=O)C4CC4)c3)n2)ccc1O. The van der Waals surface area contributed by atoms with Crippen molar-refractivity contribution in [2.24, 2.45) is 5.92 Å². The first-order valence-electron chi connectivity index (χ1n) is 8.97. The molecule has 2 aromatic carbocycles. The van der Waals surface area contributed by atoms with Gasteiger partial charge in [-0.3, -0.25) is 9.59 Å². The lowest BCUT2D eigenvalue weighted by Gasteiger charge is -2.07. The van der Waals surface area contributed by atoms with Crippen molar-refractivity contribution >= 4 is 34.5 Å². The van der Waals surface area contributed by atoms with Crippen LogP contribution in [0.2, 0.25) is 0 Å². The Bertz CT molecular complexity index is 1060. The number of rotatable bonds is 5. The fourth-order valence-electron chi connectivity index (χ4n) is 2.84. The summed E-state index contributed by atoms with van der Waals surface area (Å²) in [7, 11) is 0. The number of aromatic nitrogens is 1. The van der Waals surface area contributed by atoms with Crippen LogP contribution < -0.4 is 10.6 Å². The quantitative estimate of drug-likeness (QED) is 0.557. The molecule has 1 fully saturated rings. The number of phenols is 1. The van der Waals surface area contributed by atoms with E-state index in [1.54, 1.807) is 12.1 Å². The highest BCUT2D eigenvalue weighted by atomic mass is 32.1. The molecule has 1 aliphatic carbocycles. The molecule has 0 spiro atoms. The third kappa shape index (κ3) is 4.04. The summed E-state index contributed by atoms with van der Waals surface area (Å²) in [4.78, 5) is 27.9. The molecule has 6 nitrogen and oxygen atoms in total. The Morgan fingerprint density at radius 2 is 1.93 bits per heavy atom. The van der Waals surface area contributed by atoms with Gasteiger partial charge in [-0.25, -0.2) is 4.98 Å². The van der Waals surface area contributed by atoms with Crippen molar-refractivity contribution in [1.82, 2.24) is 4.98 Å². The summed E-state index contributed by atoms with van der Waals surface area (Å²) >= 11 is 1.49. The lowest BCUT2D eigenvalue weighted by Crippen LogP contribution is -2.13. The van der Waals surface area contributed by atoms with Crippen LogP contribution in [-0.4, -0.2) is 21.9 Å². The fraction of sp³-hybridized carbons (Fsp3) is 0.190. The normalized spacial score (nSPS) is 13.2. The molecule has 4 rings (SSSR count). The second-order valence-corrected chi connectivity index (χ2v) is 7.65. The van der Waals surface area contributed by atoms with Gasteiger partial charge in [0.2, 0.25) is 11.8 Å².